The van der Waals surface area contributed by atoms with Crippen molar-refractivity contribution in [3.05, 3.63) is 75.8 Å². The van der Waals surface area contributed by atoms with Gasteiger partial charge in [-0.3, -0.25) is 9.78 Å². The fraction of sp³-hybridized carbons (Fsp3) is 0.111. The summed E-state index contributed by atoms with van der Waals surface area (Å²) in [7, 11) is 0. The molecule has 0 radical (unpaired) electrons. The lowest BCUT2D eigenvalue weighted by Crippen LogP contribution is -2.10. The summed E-state index contributed by atoms with van der Waals surface area (Å²) in [6.07, 6.45) is 0. The Bertz CT molecular complexity index is 901. The molecule has 23 heavy (non-hydrogen) atoms. The van der Waals surface area contributed by atoms with E-state index >= 15 is 0 Å². The minimum Gasteiger partial charge on any atom is -0.326 e. The second-order valence-electron chi connectivity index (χ2n) is 5.43. The molecule has 0 saturated carbocycles. The first-order valence-corrected chi connectivity index (χ1v) is 7.23. The molecular weight excluding hydrogens is 293 g/mol. The SMILES string of the molecule is Cc1ccc(-c2cc(=O)[nH]c(Nc3ccc(C)c(F)c3)n2)cc1. The molecule has 0 aliphatic carbocycles. The van der Waals surface area contributed by atoms with Crippen molar-refractivity contribution in [3.63, 3.8) is 0 Å². The van der Waals surface area contributed by atoms with E-state index < -0.39 is 0 Å². The number of hydrogen-bond acceptors (Lipinski definition) is 3. The molecule has 0 aliphatic rings. The number of aromatic amines is 1. The number of hydrogen-bond donors (Lipinski definition) is 2. The number of halogens is 1. The van der Waals surface area contributed by atoms with Gasteiger partial charge >= 0.3 is 0 Å². The molecule has 1 heterocycles. The summed E-state index contributed by atoms with van der Waals surface area (Å²) in [4.78, 5) is 18.9. The Morgan fingerprint density at radius 2 is 1.78 bits per heavy atom. The van der Waals surface area contributed by atoms with Crippen molar-refractivity contribution in [1.82, 2.24) is 9.97 Å². The zero-order chi connectivity index (χ0) is 16.4. The minimum absolute atomic E-state index is 0.273. The maximum absolute atomic E-state index is 13.6. The average Bonchev–Trinajstić information content (AvgIpc) is 2.51. The summed E-state index contributed by atoms with van der Waals surface area (Å²) in [6, 6.07) is 13.9. The van der Waals surface area contributed by atoms with Crippen LogP contribution in [0.2, 0.25) is 0 Å². The van der Waals surface area contributed by atoms with Gasteiger partial charge in [0.05, 0.1) is 5.69 Å². The quantitative estimate of drug-likeness (QED) is 0.770. The van der Waals surface area contributed by atoms with Crippen LogP contribution in [-0.2, 0) is 0 Å². The van der Waals surface area contributed by atoms with Gasteiger partial charge in [0, 0.05) is 17.3 Å². The highest BCUT2D eigenvalue weighted by molar-refractivity contribution is 5.62. The molecule has 2 aromatic carbocycles. The van der Waals surface area contributed by atoms with Crippen molar-refractivity contribution in [2.24, 2.45) is 0 Å². The van der Waals surface area contributed by atoms with Crippen molar-refractivity contribution in [3.8, 4) is 11.3 Å². The van der Waals surface area contributed by atoms with Gasteiger partial charge in [0.15, 0.2) is 0 Å². The fourth-order valence-electron chi connectivity index (χ4n) is 2.20. The second-order valence-corrected chi connectivity index (χ2v) is 5.43. The van der Waals surface area contributed by atoms with E-state index in [9.17, 15) is 9.18 Å². The van der Waals surface area contributed by atoms with Gasteiger partial charge in [0.25, 0.3) is 5.56 Å². The van der Waals surface area contributed by atoms with Crippen molar-refractivity contribution in [1.29, 1.82) is 0 Å². The molecule has 3 rings (SSSR count). The smallest absolute Gasteiger partial charge is 0.252 e. The van der Waals surface area contributed by atoms with Crippen LogP contribution in [0, 0.1) is 19.7 Å². The number of aryl methyl sites for hydroxylation is 2. The highest BCUT2D eigenvalue weighted by Crippen LogP contribution is 2.20. The lowest BCUT2D eigenvalue weighted by atomic mass is 10.1. The maximum atomic E-state index is 13.6. The predicted molar refractivity (Wildman–Crippen MR) is 89.5 cm³/mol. The topological polar surface area (TPSA) is 57.8 Å². The summed E-state index contributed by atoms with van der Waals surface area (Å²) in [5.74, 6) is -0.0386. The predicted octanol–water partition coefficient (Wildman–Crippen LogP) is 3.94. The Balaban J connectivity index is 1.95. The highest BCUT2D eigenvalue weighted by atomic mass is 19.1. The monoisotopic (exact) mass is 309 g/mol. The van der Waals surface area contributed by atoms with E-state index in [2.05, 4.69) is 15.3 Å². The number of H-pyrrole nitrogens is 1. The molecule has 5 heteroatoms. The zero-order valence-corrected chi connectivity index (χ0v) is 12.9. The van der Waals surface area contributed by atoms with Gasteiger partial charge in [-0.15, -0.1) is 0 Å². The Hall–Kier alpha value is -2.95. The highest BCUT2D eigenvalue weighted by Gasteiger charge is 2.06. The number of rotatable bonds is 3. The number of nitrogens with zero attached hydrogens (tertiary/aromatic N) is 1. The second kappa shape index (κ2) is 6.04. The third kappa shape index (κ3) is 3.45. The van der Waals surface area contributed by atoms with Gasteiger partial charge in [-0.2, -0.15) is 0 Å². The van der Waals surface area contributed by atoms with Gasteiger partial charge in [-0.05, 0) is 31.5 Å². The standard InChI is InChI=1S/C18H16FN3O/c1-11-3-6-13(7-4-11)16-10-17(23)22-18(21-16)20-14-8-5-12(2)15(19)9-14/h3-10H,1-2H3,(H2,20,21,22,23). The number of benzene rings is 2. The third-order valence-electron chi connectivity index (χ3n) is 3.52. The molecule has 0 bridgehead atoms. The van der Waals surface area contributed by atoms with Crippen LogP contribution in [0.5, 0.6) is 0 Å². The normalized spacial score (nSPS) is 10.6. The number of nitrogens with one attached hydrogen (secondary N) is 2. The molecule has 0 saturated heterocycles. The Morgan fingerprint density at radius 1 is 1.04 bits per heavy atom. The van der Waals surface area contributed by atoms with Crippen molar-refractivity contribution >= 4 is 11.6 Å². The first-order chi connectivity index (χ1) is 11.0. The Kier molecular flexibility index (Phi) is 3.93. The zero-order valence-electron chi connectivity index (χ0n) is 12.9. The van der Waals surface area contributed by atoms with E-state index in [0.717, 1.165) is 11.1 Å². The van der Waals surface area contributed by atoms with Gasteiger partial charge in [-0.1, -0.05) is 35.9 Å². The van der Waals surface area contributed by atoms with Crippen LogP contribution in [0.3, 0.4) is 0 Å². The number of aromatic nitrogens is 2. The summed E-state index contributed by atoms with van der Waals surface area (Å²) < 4.78 is 13.6. The van der Waals surface area contributed by atoms with Gasteiger partial charge in [0.1, 0.15) is 5.82 Å². The van der Waals surface area contributed by atoms with Gasteiger partial charge in [-0.25, -0.2) is 9.37 Å². The van der Waals surface area contributed by atoms with Crippen LogP contribution < -0.4 is 10.9 Å². The van der Waals surface area contributed by atoms with Crippen molar-refractivity contribution < 1.29 is 4.39 Å². The van der Waals surface area contributed by atoms with Crippen LogP contribution in [0.25, 0.3) is 11.3 Å². The first kappa shape index (κ1) is 15.0. The van der Waals surface area contributed by atoms with E-state index in [4.69, 9.17) is 0 Å². The van der Waals surface area contributed by atoms with E-state index in [1.54, 1.807) is 19.1 Å². The van der Waals surface area contributed by atoms with E-state index in [0.29, 0.717) is 16.9 Å². The molecule has 0 spiro atoms. The number of anilines is 2. The van der Waals surface area contributed by atoms with Crippen LogP contribution in [0.1, 0.15) is 11.1 Å². The van der Waals surface area contributed by atoms with Gasteiger partial charge < -0.3 is 5.32 Å². The van der Waals surface area contributed by atoms with Crippen molar-refractivity contribution in [2.75, 3.05) is 5.32 Å². The summed E-state index contributed by atoms with van der Waals surface area (Å²) in [5.41, 5.74) is 3.35. The molecule has 0 unspecified atom stereocenters. The van der Waals surface area contributed by atoms with E-state index in [1.807, 2.05) is 31.2 Å². The molecule has 0 atom stereocenters. The molecule has 116 valence electrons. The van der Waals surface area contributed by atoms with Crippen molar-refractivity contribution in [2.45, 2.75) is 13.8 Å². The molecule has 4 nitrogen and oxygen atoms in total. The summed E-state index contributed by atoms with van der Waals surface area (Å²) in [5, 5.41) is 2.93. The Morgan fingerprint density at radius 3 is 2.48 bits per heavy atom. The van der Waals surface area contributed by atoms with E-state index in [-0.39, 0.29) is 17.3 Å². The molecular formula is C18H16FN3O. The molecule has 1 aromatic heterocycles. The van der Waals surface area contributed by atoms with Gasteiger partial charge in [0.2, 0.25) is 5.95 Å². The minimum atomic E-state index is -0.313. The fourth-order valence-corrected chi connectivity index (χ4v) is 2.20. The molecule has 2 N–H and O–H groups in total. The summed E-state index contributed by atoms with van der Waals surface area (Å²) in [6.45, 7) is 3.69. The lowest BCUT2D eigenvalue weighted by molar-refractivity contribution is 0.619. The van der Waals surface area contributed by atoms with E-state index in [1.165, 1.54) is 12.1 Å². The molecule has 0 fully saturated rings. The Labute approximate surface area is 133 Å². The van der Waals surface area contributed by atoms with Crippen LogP contribution in [-0.4, -0.2) is 9.97 Å². The lowest BCUT2D eigenvalue weighted by Gasteiger charge is -2.08. The van der Waals surface area contributed by atoms with Crippen LogP contribution in [0.4, 0.5) is 16.0 Å². The first-order valence-electron chi connectivity index (χ1n) is 7.23. The molecule has 0 amide bonds. The maximum Gasteiger partial charge on any atom is 0.252 e. The third-order valence-corrected chi connectivity index (χ3v) is 3.52. The average molecular weight is 309 g/mol. The summed E-state index contributed by atoms with van der Waals surface area (Å²) >= 11 is 0. The molecule has 3 aromatic rings. The van der Waals surface area contributed by atoms with Crippen LogP contribution in [0.15, 0.2) is 53.3 Å². The largest absolute Gasteiger partial charge is 0.326 e. The molecule has 0 aliphatic heterocycles. The van der Waals surface area contributed by atoms with Crippen LogP contribution >= 0.6 is 0 Å².